The lowest BCUT2D eigenvalue weighted by atomic mass is 9.82. The molecule has 1 aromatic rings. The zero-order valence-corrected chi connectivity index (χ0v) is 15.6. The summed E-state index contributed by atoms with van der Waals surface area (Å²) < 4.78 is 8.34. The number of halogens is 2. The van der Waals surface area contributed by atoms with E-state index in [1.54, 1.807) is 0 Å². The van der Waals surface area contributed by atoms with E-state index in [0.717, 1.165) is 45.9 Å². The minimum atomic E-state index is 0.330. The average Bonchev–Trinajstić information content (AvgIpc) is 2.33. The highest BCUT2D eigenvalue weighted by Gasteiger charge is 2.26. The predicted octanol–water partition coefficient (Wildman–Crippen LogP) is 5.13. The first-order valence-corrected chi connectivity index (χ1v) is 8.87. The SMILES string of the molecule is CNCc1cc(Br)c(OC2CC(C)CC(C)C2)c(Br)c1. The highest BCUT2D eigenvalue weighted by molar-refractivity contribution is 9.11. The molecule has 4 heteroatoms. The molecule has 0 amide bonds. The molecule has 1 saturated carbocycles. The van der Waals surface area contributed by atoms with E-state index in [1.165, 1.54) is 12.0 Å². The molecule has 0 spiro atoms. The molecule has 0 aliphatic heterocycles. The Morgan fingerprint density at radius 2 is 1.65 bits per heavy atom. The summed E-state index contributed by atoms with van der Waals surface area (Å²) in [5, 5.41) is 3.17. The smallest absolute Gasteiger partial charge is 0.148 e. The molecule has 0 radical (unpaired) electrons. The lowest BCUT2D eigenvalue weighted by Crippen LogP contribution is -2.28. The highest BCUT2D eigenvalue weighted by atomic mass is 79.9. The molecule has 0 heterocycles. The van der Waals surface area contributed by atoms with Gasteiger partial charge in [-0.15, -0.1) is 0 Å². The van der Waals surface area contributed by atoms with Crippen LogP contribution in [0.2, 0.25) is 0 Å². The van der Waals surface area contributed by atoms with Gasteiger partial charge in [-0.2, -0.15) is 0 Å². The topological polar surface area (TPSA) is 21.3 Å². The third-order valence-corrected chi connectivity index (χ3v) is 5.04. The minimum Gasteiger partial charge on any atom is -0.488 e. The van der Waals surface area contributed by atoms with Crippen molar-refractivity contribution in [3.8, 4) is 5.75 Å². The fraction of sp³-hybridized carbons (Fsp3) is 0.625. The second-order valence-electron chi connectivity index (χ2n) is 6.08. The fourth-order valence-corrected chi connectivity index (χ4v) is 4.64. The van der Waals surface area contributed by atoms with E-state index < -0.39 is 0 Å². The maximum absolute atomic E-state index is 6.28. The molecule has 2 rings (SSSR count). The van der Waals surface area contributed by atoms with E-state index >= 15 is 0 Å². The van der Waals surface area contributed by atoms with Crippen LogP contribution in [0.4, 0.5) is 0 Å². The normalized spacial score (nSPS) is 26.6. The predicted molar refractivity (Wildman–Crippen MR) is 91.2 cm³/mol. The van der Waals surface area contributed by atoms with Gasteiger partial charge in [-0.25, -0.2) is 0 Å². The fourth-order valence-electron chi connectivity index (χ4n) is 3.17. The van der Waals surface area contributed by atoms with E-state index in [9.17, 15) is 0 Å². The van der Waals surface area contributed by atoms with Gasteiger partial charge < -0.3 is 10.1 Å². The van der Waals surface area contributed by atoms with Crippen LogP contribution in [0.25, 0.3) is 0 Å². The second-order valence-corrected chi connectivity index (χ2v) is 7.78. The molecular formula is C16H23Br2NO. The first-order valence-electron chi connectivity index (χ1n) is 7.28. The highest BCUT2D eigenvalue weighted by Crippen LogP contribution is 2.38. The Labute approximate surface area is 138 Å². The summed E-state index contributed by atoms with van der Waals surface area (Å²) in [4.78, 5) is 0. The lowest BCUT2D eigenvalue weighted by molar-refractivity contribution is 0.0996. The number of ether oxygens (including phenoxy) is 1. The van der Waals surface area contributed by atoms with Gasteiger partial charge in [-0.3, -0.25) is 0 Å². The van der Waals surface area contributed by atoms with Crippen LogP contribution in [0.1, 0.15) is 38.7 Å². The standard InChI is InChI=1S/C16H23Br2NO/c1-10-4-11(2)6-13(5-10)20-16-14(17)7-12(9-19-3)8-15(16)18/h7-8,10-11,13,19H,4-6,9H2,1-3H3. The summed E-state index contributed by atoms with van der Waals surface area (Å²) in [5.41, 5.74) is 1.24. The van der Waals surface area contributed by atoms with Crippen LogP contribution in [0.5, 0.6) is 5.75 Å². The molecule has 1 N–H and O–H groups in total. The third-order valence-electron chi connectivity index (χ3n) is 3.86. The molecule has 2 atom stereocenters. The quantitative estimate of drug-likeness (QED) is 0.750. The minimum absolute atomic E-state index is 0.330. The summed E-state index contributed by atoms with van der Waals surface area (Å²) >= 11 is 7.28. The Kier molecular flexibility index (Phi) is 5.94. The summed E-state index contributed by atoms with van der Waals surface area (Å²) in [6.07, 6.45) is 3.96. The first kappa shape index (κ1) is 16.3. The van der Waals surface area contributed by atoms with Gasteiger partial charge in [0.1, 0.15) is 5.75 Å². The summed E-state index contributed by atoms with van der Waals surface area (Å²) in [6, 6.07) is 4.26. The Morgan fingerprint density at radius 3 is 2.15 bits per heavy atom. The largest absolute Gasteiger partial charge is 0.488 e. The molecule has 0 bridgehead atoms. The van der Waals surface area contributed by atoms with E-state index in [4.69, 9.17) is 4.74 Å². The van der Waals surface area contributed by atoms with Crippen molar-refractivity contribution in [3.63, 3.8) is 0 Å². The monoisotopic (exact) mass is 403 g/mol. The van der Waals surface area contributed by atoms with Crippen molar-refractivity contribution >= 4 is 31.9 Å². The van der Waals surface area contributed by atoms with Crippen molar-refractivity contribution < 1.29 is 4.74 Å². The van der Waals surface area contributed by atoms with Gasteiger partial charge in [0, 0.05) is 6.54 Å². The molecule has 1 aromatic carbocycles. The molecule has 0 aromatic heterocycles. The number of rotatable bonds is 4. The van der Waals surface area contributed by atoms with E-state index in [2.05, 4.69) is 63.2 Å². The summed E-state index contributed by atoms with van der Waals surface area (Å²) in [7, 11) is 1.96. The maximum Gasteiger partial charge on any atom is 0.148 e. The zero-order chi connectivity index (χ0) is 14.7. The van der Waals surface area contributed by atoms with Crippen molar-refractivity contribution in [2.75, 3.05) is 7.05 Å². The molecule has 1 aliphatic carbocycles. The van der Waals surface area contributed by atoms with Crippen molar-refractivity contribution in [3.05, 3.63) is 26.6 Å². The lowest BCUT2D eigenvalue weighted by Gasteiger charge is -2.32. The van der Waals surface area contributed by atoms with Crippen molar-refractivity contribution in [1.29, 1.82) is 0 Å². The molecule has 0 saturated heterocycles. The Balaban J connectivity index is 2.12. The number of hydrogen-bond donors (Lipinski definition) is 1. The average molecular weight is 405 g/mol. The van der Waals surface area contributed by atoms with Crippen LogP contribution < -0.4 is 10.1 Å². The van der Waals surface area contributed by atoms with Crippen molar-refractivity contribution in [1.82, 2.24) is 5.32 Å². The van der Waals surface area contributed by atoms with E-state index in [-0.39, 0.29) is 0 Å². The Hall–Kier alpha value is -0.0600. The van der Waals surface area contributed by atoms with Gasteiger partial charge in [0.2, 0.25) is 0 Å². The van der Waals surface area contributed by atoms with Gasteiger partial charge in [-0.05, 0) is 87.7 Å². The van der Waals surface area contributed by atoms with Gasteiger partial charge in [-0.1, -0.05) is 13.8 Å². The molecule has 2 unspecified atom stereocenters. The van der Waals surface area contributed by atoms with Crippen LogP contribution in [0.15, 0.2) is 21.1 Å². The van der Waals surface area contributed by atoms with Crippen LogP contribution in [0.3, 0.4) is 0 Å². The number of hydrogen-bond acceptors (Lipinski definition) is 2. The third kappa shape index (κ3) is 4.22. The van der Waals surface area contributed by atoms with Crippen LogP contribution >= 0.6 is 31.9 Å². The van der Waals surface area contributed by atoms with Crippen LogP contribution in [0, 0.1) is 11.8 Å². The first-order chi connectivity index (χ1) is 9.49. The number of nitrogens with one attached hydrogen (secondary N) is 1. The molecule has 2 nitrogen and oxygen atoms in total. The summed E-state index contributed by atoms with van der Waals surface area (Å²) in [5.74, 6) is 2.45. The molecule has 1 fully saturated rings. The maximum atomic E-state index is 6.28. The van der Waals surface area contributed by atoms with Crippen molar-refractivity contribution in [2.24, 2.45) is 11.8 Å². The summed E-state index contributed by atoms with van der Waals surface area (Å²) in [6.45, 7) is 5.51. The zero-order valence-electron chi connectivity index (χ0n) is 12.4. The molecule has 112 valence electrons. The van der Waals surface area contributed by atoms with Gasteiger partial charge in [0.15, 0.2) is 0 Å². The van der Waals surface area contributed by atoms with Crippen molar-refractivity contribution in [2.45, 2.75) is 45.8 Å². The Morgan fingerprint density at radius 1 is 1.10 bits per heavy atom. The van der Waals surface area contributed by atoms with E-state index in [0.29, 0.717) is 6.10 Å². The van der Waals surface area contributed by atoms with Gasteiger partial charge >= 0.3 is 0 Å². The molecule has 1 aliphatic rings. The second kappa shape index (κ2) is 7.28. The Bertz CT molecular complexity index is 431. The van der Waals surface area contributed by atoms with Crippen LogP contribution in [-0.2, 0) is 6.54 Å². The van der Waals surface area contributed by atoms with Gasteiger partial charge in [0.05, 0.1) is 15.0 Å². The van der Waals surface area contributed by atoms with Crippen LogP contribution in [-0.4, -0.2) is 13.2 Å². The molecular weight excluding hydrogens is 382 g/mol. The molecule has 20 heavy (non-hydrogen) atoms. The van der Waals surface area contributed by atoms with Gasteiger partial charge in [0.25, 0.3) is 0 Å². The number of benzene rings is 1. The van der Waals surface area contributed by atoms with E-state index in [1.807, 2.05) is 7.05 Å².